The van der Waals surface area contributed by atoms with Crippen LogP contribution in [0.2, 0.25) is 0 Å². The van der Waals surface area contributed by atoms with Crippen molar-refractivity contribution < 1.29 is 23.0 Å². The Balaban J connectivity index is 1.45. The first-order valence-electron chi connectivity index (χ1n) is 12.4. The fourth-order valence-corrected chi connectivity index (χ4v) is 4.70. The number of likely N-dealkylation sites (tertiary alicyclic amines) is 1. The second-order valence-electron chi connectivity index (χ2n) is 10.1. The minimum absolute atomic E-state index is 0.0514. The summed E-state index contributed by atoms with van der Waals surface area (Å²) < 4.78 is 38.3. The topological polar surface area (TPSA) is 107 Å². The minimum Gasteiger partial charge on any atom is -0.491 e. The zero-order valence-corrected chi connectivity index (χ0v) is 22.3. The van der Waals surface area contributed by atoms with Gasteiger partial charge >= 0.3 is 6.61 Å². The number of anilines is 2. The number of pyridine rings is 2. The number of carbonyl (C=O) groups is 1. The molecule has 0 spiro atoms. The lowest BCUT2D eigenvalue weighted by Crippen LogP contribution is -2.42. The van der Waals surface area contributed by atoms with E-state index in [1.807, 2.05) is 45.9 Å². The van der Waals surface area contributed by atoms with Gasteiger partial charge in [0.2, 0.25) is 11.8 Å². The highest BCUT2D eigenvalue weighted by atomic mass is 19.3. The summed E-state index contributed by atoms with van der Waals surface area (Å²) in [6.07, 6.45) is 3.49. The van der Waals surface area contributed by atoms with Crippen molar-refractivity contribution >= 4 is 23.1 Å². The van der Waals surface area contributed by atoms with Gasteiger partial charge in [-0.2, -0.15) is 13.9 Å². The number of nitrogens with one attached hydrogen (secondary N) is 1. The molecule has 0 aliphatic carbocycles. The van der Waals surface area contributed by atoms with E-state index in [1.54, 1.807) is 28.7 Å². The zero-order chi connectivity index (χ0) is 27.9. The van der Waals surface area contributed by atoms with E-state index >= 15 is 0 Å². The Bertz CT molecular complexity index is 1520. The van der Waals surface area contributed by atoms with E-state index < -0.39 is 6.61 Å². The number of aromatic nitrogens is 5. The van der Waals surface area contributed by atoms with E-state index in [9.17, 15) is 13.6 Å². The Morgan fingerprint density at radius 1 is 1.15 bits per heavy atom. The molecular formula is C27H29F2N7O3. The molecule has 10 nitrogen and oxygen atoms in total. The first kappa shape index (κ1) is 26.3. The molecule has 1 aliphatic rings. The van der Waals surface area contributed by atoms with Gasteiger partial charge in [-0.05, 0) is 45.4 Å². The Morgan fingerprint density at radius 2 is 1.95 bits per heavy atom. The Morgan fingerprint density at radius 3 is 2.64 bits per heavy atom. The Kier molecular flexibility index (Phi) is 6.79. The number of rotatable bonds is 8. The number of fused-ring (bicyclic) bond motifs is 1. The predicted molar refractivity (Wildman–Crippen MR) is 140 cm³/mol. The summed E-state index contributed by atoms with van der Waals surface area (Å²) in [5.41, 5.74) is 2.42. The number of hydrogen-bond donors (Lipinski definition) is 1. The lowest BCUT2D eigenvalue weighted by Gasteiger charge is -2.33. The average Bonchev–Trinajstić information content (AvgIpc) is 3.34. The van der Waals surface area contributed by atoms with E-state index in [0.29, 0.717) is 40.8 Å². The van der Waals surface area contributed by atoms with Gasteiger partial charge < -0.3 is 19.7 Å². The molecule has 1 atom stereocenters. The maximum atomic E-state index is 12.9. The molecule has 0 aromatic carbocycles. The van der Waals surface area contributed by atoms with Crippen molar-refractivity contribution in [1.29, 1.82) is 0 Å². The second-order valence-corrected chi connectivity index (χ2v) is 10.1. The number of amides is 1. The predicted octanol–water partition coefficient (Wildman–Crippen LogP) is 4.78. The van der Waals surface area contributed by atoms with Crippen LogP contribution in [0, 0.1) is 19.8 Å². The summed E-state index contributed by atoms with van der Waals surface area (Å²) in [5, 5.41) is 7.73. The highest BCUT2D eigenvalue weighted by Crippen LogP contribution is 2.37. The van der Waals surface area contributed by atoms with Crippen LogP contribution in [0.3, 0.4) is 0 Å². The van der Waals surface area contributed by atoms with E-state index in [0.717, 1.165) is 11.2 Å². The van der Waals surface area contributed by atoms with Crippen molar-refractivity contribution in [1.82, 2.24) is 29.5 Å². The number of hydrogen-bond acceptors (Lipinski definition) is 8. The number of ether oxygens (including phenoxy) is 2. The highest BCUT2D eigenvalue weighted by Gasteiger charge is 2.44. The molecule has 4 aromatic rings. The molecule has 4 aromatic heterocycles. The minimum atomic E-state index is -3.02. The summed E-state index contributed by atoms with van der Waals surface area (Å²) in [4.78, 5) is 26.7. The van der Waals surface area contributed by atoms with Crippen LogP contribution >= 0.6 is 0 Å². The summed E-state index contributed by atoms with van der Waals surface area (Å²) in [6.45, 7) is 4.94. The van der Waals surface area contributed by atoms with Crippen molar-refractivity contribution in [2.75, 3.05) is 19.0 Å². The maximum Gasteiger partial charge on any atom is 0.388 e. The van der Waals surface area contributed by atoms with Crippen LogP contribution in [-0.2, 0) is 4.79 Å². The zero-order valence-electron chi connectivity index (χ0n) is 22.3. The van der Waals surface area contributed by atoms with Gasteiger partial charge in [0.25, 0.3) is 0 Å². The summed E-state index contributed by atoms with van der Waals surface area (Å²) in [5.74, 6) is 2.01. The summed E-state index contributed by atoms with van der Waals surface area (Å²) >= 11 is 0. The Hall–Kier alpha value is -4.35. The van der Waals surface area contributed by atoms with Gasteiger partial charge in [-0.15, -0.1) is 0 Å². The summed E-state index contributed by atoms with van der Waals surface area (Å²) in [7, 11) is 1.78. The lowest BCUT2D eigenvalue weighted by molar-refractivity contribution is -0.128. The molecule has 5 rings (SSSR count). The summed E-state index contributed by atoms with van der Waals surface area (Å²) in [6, 6.07) is 8.75. The molecule has 39 heavy (non-hydrogen) atoms. The SMILES string of the molecule is Cc1cc(Nc2cc3cc(-c4cc(OC(F)F)ncc4OC[C@H]4CC(=O)N(C)C4(C)C)ccn3n2)nc(C)n1. The third kappa shape index (κ3) is 5.45. The monoisotopic (exact) mass is 537 g/mol. The molecule has 0 radical (unpaired) electrons. The smallest absolute Gasteiger partial charge is 0.388 e. The molecule has 0 unspecified atom stereocenters. The third-order valence-corrected chi connectivity index (χ3v) is 7.15. The highest BCUT2D eigenvalue weighted by molar-refractivity contribution is 5.80. The van der Waals surface area contributed by atoms with Crippen molar-refractivity contribution in [2.45, 2.75) is 46.3 Å². The first-order valence-corrected chi connectivity index (χ1v) is 12.4. The van der Waals surface area contributed by atoms with Gasteiger partial charge in [-0.3, -0.25) is 4.79 Å². The van der Waals surface area contributed by atoms with E-state index in [-0.39, 0.29) is 29.9 Å². The van der Waals surface area contributed by atoms with Crippen LogP contribution in [0.5, 0.6) is 11.6 Å². The molecule has 204 valence electrons. The van der Waals surface area contributed by atoms with Gasteiger partial charge in [0, 0.05) is 60.6 Å². The van der Waals surface area contributed by atoms with E-state index in [2.05, 4.69) is 30.1 Å². The number of alkyl halides is 2. The van der Waals surface area contributed by atoms with Gasteiger partial charge in [0.05, 0.1) is 18.3 Å². The van der Waals surface area contributed by atoms with Gasteiger partial charge in [0.15, 0.2) is 5.82 Å². The molecule has 1 aliphatic heterocycles. The van der Waals surface area contributed by atoms with Crippen molar-refractivity contribution in [3.63, 3.8) is 0 Å². The fourth-order valence-electron chi connectivity index (χ4n) is 4.70. The van der Waals surface area contributed by atoms with Crippen LogP contribution in [0.15, 0.2) is 42.7 Å². The molecule has 0 bridgehead atoms. The second kappa shape index (κ2) is 10.1. The normalized spacial score (nSPS) is 16.8. The standard InChI is InChI=1S/C27H29F2N7O3/c1-15-8-22(32-16(2)31-15)33-23-11-19-9-17(6-7-36(19)34-23)20-12-24(39-26(28)29)30-13-21(20)38-14-18-10-25(37)35(5)27(18,3)4/h6-9,11-13,18,26H,10,14H2,1-5H3,(H,31,32,33,34)/t18-/m1/s1. The molecule has 5 heterocycles. The number of aryl methyl sites for hydroxylation is 2. The molecule has 1 N–H and O–H groups in total. The first-order chi connectivity index (χ1) is 18.5. The average molecular weight is 538 g/mol. The van der Waals surface area contributed by atoms with Crippen LogP contribution in [0.4, 0.5) is 20.4 Å². The van der Waals surface area contributed by atoms with Gasteiger partial charge in [-0.25, -0.2) is 19.5 Å². The fraction of sp³-hybridized carbons (Fsp3) is 0.370. The quantitative estimate of drug-likeness (QED) is 0.342. The van der Waals surface area contributed by atoms with Crippen LogP contribution in [0.1, 0.15) is 31.8 Å². The molecule has 1 fully saturated rings. The third-order valence-electron chi connectivity index (χ3n) is 7.15. The van der Waals surface area contributed by atoms with Crippen molar-refractivity contribution in [2.24, 2.45) is 5.92 Å². The molecule has 1 saturated heterocycles. The van der Waals surface area contributed by atoms with E-state index in [4.69, 9.17) is 4.74 Å². The van der Waals surface area contributed by atoms with Crippen LogP contribution in [0.25, 0.3) is 16.6 Å². The van der Waals surface area contributed by atoms with Gasteiger partial charge in [-0.1, -0.05) is 0 Å². The van der Waals surface area contributed by atoms with Crippen LogP contribution in [-0.4, -0.2) is 61.2 Å². The number of carbonyl (C=O) groups excluding carboxylic acids is 1. The lowest BCUT2D eigenvalue weighted by atomic mass is 9.89. The number of nitrogens with zero attached hydrogens (tertiary/aromatic N) is 6. The van der Waals surface area contributed by atoms with Crippen molar-refractivity contribution in [3.05, 3.63) is 54.2 Å². The molecule has 0 saturated carbocycles. The maximum absolute atomic E-state index is 12.9. The van der Waals surface area contributed by atoms with Crippen LogP contribution < -0.4 is 14.8 Å². The van der Waals surface area contributed by atoms with Crippen molar-refractivity contribution in [3.8, 4) is 22.8 Å². The molecule has 12 heteroatoms. The largest absolute Gasteiger partial charge is 0.491 e. The van der Waals surface area contributed by atoms with Gasteiger partial charge in [0.1, 0.15) is 17.4 Å². The molecule has 1 amide bonds. The molecular weight excluding hydrogens is 508 g/mol. The number of halogens is 2. The Labute approximate surface area is 224 Å². The van der Waals surface area contributed by atoms with E-state index in [1.165, 1.54) is 12.3 Å².